The molecule has 3 aromatic rings. The molecule has 0 atom stereocenters. The third-order valence-corrected chi connectivity index (χ3v) is 4.22. The van der Waals surface area contributed by atoms with Gasteiger partial charge in [-0.1, -0.05) is 24.3 Å². The van der Waals surface area contributed by atoms with Crippen LogP contribution in [0.25, 0.3) is 0 Å². The summed E-state index contributed by atoms with van der Waals surface area (Å²) in [5.74, 6) is -3.42. The van der Waals surface area contributed by atoms with Gasteiger partial charge < -0.3 is 0 Å². The van der Waals surface area contributed by atoms with Gasteiger partial charge in [0, 0.05) is 34.4 Å². The summed E-state index contributed by atoms with van der Waals surface area (Å²) in [5.41, 5.74) is -1.75. The Balaban J connectivity index is 1.88. The third-order valence-electron chi connectivity index (χ3n) is 4.22. The lowest BCUT2D eigenvalue weighted by Crippen LogP contribution is -2.06. The molecule has 0 aliphatic carbocycles. The summed E-state index contributed by atoms with van der Waals surface area (Å²) in [6.07, 6.45) is 0. The van der Waals surface area contributed by atoms with E-state index in [0.29, 0.717) is 0 Å². The van der Waals surface area contributed by atoms with E-state index in [2.05, 4.69) is 0 Å². The largest absolute Gasteiger partial charge is 0.305 e. The minimum Gasteiger partial charge on any atom is -0.289 e. The summed E-state index contributed by atoms with van der Waals surface area (Å²) in [6, 6.07) is 10.6. The third kappa shape index (κ3) is 3.92. The van der Waals surface area contributed by atoms with E-state index in [1.165, 1.54) is 24.3 Å². The van der Waals surface area contributed by atoms with Gasteiger partial charge in [-0.3, -0.25) is 29.8 Å². The van der Waals surface area contributed by atoms with Crippen LogP contribution in [0, 0.1) is 31.9 Å². The molecule has 30 heavy (non-hydrogen) atoms. The fraction of sp³-hybridized carbons (Fsp3) is 0. The first-order valence-electron chi connectivity index (χ1n) is 8.26. The Kier molecular flexibility index (Phi) is 5.41. The average Bonchev–Trinajstić information content (AvgIpc) is 2.73. The van der Waals surface area contributed by atoms with E-state index in [1.807, 2.05) is 0 Å². The predicted molar refractivity (Wildman–Crippen MR) is 99.4 cm³/mol. The lowest BCUT2D eigenvalue weighted by Gasteiger charge is -2.05. The maximum Gasteiger partial charge on any atom is 0.305 e. The molecule has 0 N–H and O–H groups in total. The number of nitro benzene ring substituents is 2. The summed E-state index contributed by atoms with van der Waals surface area (Å²) in [6.45, 7) is 0. The van der Waals surface area contributed by atoms with Crippen LogP contribution in [-0.2, 0) is 0 Å². The molecule has 0 aliphatic heterocycles. The molecule has 8 nitrogen and oxygen atoms in total. The van der Waals surface area contributed by atoms with Crippen LogP contribution in [0.5, 0.6) is 0 Å². The second-order valence-corrected chi connectivity index (χ2v) is 6.08. The van der Waals surface area contributed by atoms with Crippen LogP contribution in [0.2, 0.25) is 0 Å². The number of carbonyl (C=O) groups excluding carboxylic acids is 2. The van der Waals surface area contributed by atoms with Crippen molar-refractivity contribution in [1.29, 1.82) is 0 Å². The van der Waals surface area contributed by atoms with Crippen LogP contribution >= 0.6 is 0 Å². The van der Waals surface area contributed by atoms with Gasteiger partial charge in [0.15, 0.2) is 11.6 Å². The van der Waals surface area contributed by atoms with E-state index in [4.69, 9.17) is 0 Å². The highest BCUT2D eigenvalue weighted by Crippen LogP contribution is 2.23. The van der Waals surface area contributed by atoms with Gasteiger partial charge in [0.25, 0.3) is 0 Å². The molecule has 0 saturated heterocycles. The number of hydrogen-bond acceptors (Lipinski definition) is 6. The first-order valence-corrected chi connectivity index (χ1v) is 8.26. The molecule has 0 spiro atoms. The molecule has 150 valence electrons. The van der Waals surface area contributed by atoms with Crippen molar-refractivity contribution < 1.29 is 28.2 Å². The Morgan fingerprint density at radius 1 is 0.600 bits per heavy atom. The van der Waals surface area contributed by atoms with Gasteiger partial charge in [0.05, 0.1) is 9.85 Å². The number of carbonyl (C=O) groups is 2. The number of nitrogens with zero attached hydrogens (tertiary/aromatic N) is 2. The molecule has 0 aliphatic rings. The summed E-state index contributed by atoms with van der Waals surface area (Å²) in [5, 5.41) is 21.7. The van der Waals surface area contributed by atoms with E-state index in [1.54, 1.807) is 0 Å². The van der Waals surface area contributed by atoms with Gasteiger partial charge in [0.2, 0.25) is 11.6 Å². The van der Waals surface area contributed by atoms with E-state index in [0.717, 1.165) is 36.4 Å². The molecule has 10 heteroatoms. The Bertz CT molecular complexity index is 1110. The van der Waals surface area contributed by atoms with Crippen LogP contribution < -0.4 is 0 Å². The zero-order valence-corrected chi connectivity index (χ0v) is 14.9. The van der Waals surface area contributed by atoms with Crippen molar-refractivity contribution in [1.82, 2.24) is 0 Å². The van der Waals surface area contributed by atoms with Gasteiger partial charge >= 0.3 is 11.4 Å². The molecule has 0 heterocycles. The molecule has 0 unspecified atom stereocenters. The van der Waals surface area contributed by atoms with Crippen molar-refractivity contribution >= 4 is 22.9 Å². The Labute approximate surface area is 166 Å². The first-order chi connectivity index (χ1) is 14.2. The monoisotopic (exact) mass is 412 g/mol. The Morgan fingerprint density at radius 3 is 1.20 bits per heavy atom. The number of ketones is 2. The molecule has 3 aromatic carbocycles. The van der Waals surface area contributed by atoms with Crippen molar-refractivity contribution in [2.75, 3.05) is 0 Å². The highest BCUT2D eigenvalue weighted by Gasteiger charge is 2.20. The predicted octanol–water partition coefficient (Wildman–Crippen LogP) is 4.24. The zero-order valence-electron chi connectivity index (χ0n) is 14.9. The normalized spacial score (nSPS) is 10.5. The van der Waals surface area contributed by atoms with Crippen molar-refractivity contribution in [3.63, 3.8) is 0 Å². The molecule has 0 radical (unpaired) electrons. The number of halogens is 2. The molecule has 3 rings (SSSR count). The van der Waals surface area contributed by atoms with Gasteiger partial charge in [-0.2, -0.15) is 8.78 Å². The van der Waals surface area contributed by atoms with Crippen molar-refractivity contribution in [2.24, 2.45) is 0 Å². The maximum absolute atomic E-state index is 13.4. The van der Waals surface area contributed by atoms with Crippen molar-refractivity contribution in [2.45, 2.75) is 0 Å². The second kappa shape index (κ2) is 7.95. The summed E-state index contributed by atoms with van der Waals surface area (Å²) < 4.78 is 26.9. The number of nitro groups is 2. The summed E-state index contributed by atoms with van der Waals surface area (Å²) >= 11 is 0. The zero-order chi connectivity index (χ0) is 22.0. The van der Waals surface area contributed by atoms with Crippen LogP contribution in [0.4, 0.5) is 20.2 Å². The minimum absolute atomic E-state index is 0.0811. The van der Waals surface area contributed by atoms with Gasteiger partial charge in [0.1, 0.15) is 0 Å². The van der Waals surface area contributed by atoms with Crippen molar-refractivity contribution in [3.8, 4) is 0 Å². The number of benzene rings is 3. The summed E-state index contributed by atoms with van der Waals surface area (Å²) in [4.78, 5) is 44.7. The quantitative estimate of drug-likeness (QED) is 0.339. The molecule has 0 amide bonds. The smallest absolute Gasteiger partial charge is 0.289 e. The number of hydrogen-bond donors (Lipinski definition) is 0. The average molecular weight is 412 g/mol. The Hall–Kier alpha value is -4.34. The topological polar surface area (TPSA) is 120 Å². The maximum atomic E-state index is 13.4. The van der Waals surface area contributed by atoms with Gasteiger partial charge in [-0.05, 0) is 24.3 Å². The molecular weight excluding hydrogens is 402 g/mol. The van der Waals surface area contributed by atoms with E-state index < -0.39 is 44.4 Å². The standard InChI is InChI=1S/C20H10F2N2O6/c21-15-7-5-13(9-17(15)23(27)28)19(25)11-1-2-12(4-3-11)20(26)14-6-8-16(22)18(10-14)24(29)30/h1-10H. The SMILES string of the molecule is O=C(c1ccc(C(=O)c2ccc(F)c([N+](=O)[O-])c2)cc1)c1ccc(F)c([N+](=O)[O-])c1. The fourth-order valence-electron chi connectivity index (χ4n) is 2.69. The van der Waals surface area contributed by atoms with Gasteiger partial charge in [-0.15, -0.1) is 0 Å². The van der Waals surface area contributed by atoms with Gasteiger partial charge in [-0.25, -0.2) is 0 Å². The van der Waals surface area contributed by atoms with Crippen LogP contribution in [0.15, 0.2) is 60.7 Å². The number of rotatable bonds is 6. The Morgan fingerprint density at radius 2 is 0.900 bits per heavy atom. The van der Waals surface area contributed by atoms with Crippen LogP contribution in [0.1, 0.15) is 31.8 Å². The van der Waals surface area contributed by atoms with E-state index >= 15 is 0 Å². The van der Waals surface area contributed by atoms with E-state index in [9.17, 15) is 38.6 Å². The molecule has 0 fully saturated rings. The van der Waals surface area contributed by atoms with E-state index in [-0.39, 0.29) is 22.3 Å². The highest BCUT2D eigenvalue weighted by molar-refractivity contribution is 6.12. The first kappa shape index (κ1) is 20.4. The van der Waals surface area contributed by atoms with Crippen molar-refractivity contribution in [3.05, 3.63) is 115 Å². The molecular formula is C20H10F2N2O6. The fourth-order valence-corrected chi connectivity index (χ4v) is 2.69. The lowest BCUT2D eigenvalue weighted by atomic mass is 9.98. The molecule has 0 saturated carbocycles. The van der Waals surface area contributed by atoms with Crippen LogP contribution in [-0.4, -0.2) is 21.4 Å². The van der Waals surface area contributed by atoms with Crippen LogP contribution in [0.3, 0.4) is 0 Å². The highest BCUT2D eigenvalue weighted by atomic mass is 19.1. The lowest BCUT2D eigenvalue weighted by molar-refractivity contribution is -0.387. The molecule has 0 bridgehead atoms. The molecule has 0 aromatic heterocycles. The summed E-state index contributed by atoms with van der Waals surface area (Å²) in [7, 11) is 0. The second-order valence-electron chi connectivity index (χ2n) is 6.08. The minimum atomic E-state index is -1.08.